The summed E-state index contributed by atoms with van der Waals surface area (Å²) in [4.78, 5) is 50.5. The van der Waals surface area contributed by atoms with Gasteiger partial charge in [0.2, 0.25) is 5.91 Å². The number of ether oxygens (including phenoxy) is 2. The summed E-state index contributed by atoms with van der Waals surface area (Å²) in [5.74, 6) is -1.40. The fourth-order valence-electron chi connectivity index (χ4n) is 2.75. The van der Waals surface area contributed by atoms with Crippen LogP contribution in [0.2, 0.25) is 0 Å². The summed E-state index contributed by atoms with van der Waals surface area (Å²) in [6.45, 7) is -0.346. The topological polar surface area (TPSA) is 105 Å². The number of hydrogen-bond donors (Lipinski definition) is 1. The third kappa shape index (κ3) is 4.18. The molecule has 9 heteroatoms. The molecule has 5 amide bonds. The average Bonchev–Trinajstić information content (AvgIpc) is 2.96. The summed E-state index contributed by atoms with van der Waals surface area (Å²) in [5.41, 5.74) is 1.03. The molecule has 150 valence electrons. The van der Waals surface area contributed by atoms with Crippen molar-refractivity contribution in [2.45, 2.75) is 6.54 Å². The Balaban J connectivity index is 1.63. The highest BCUT2D eigenvalue weighted by Crippen LogP contribution is 2.24. The van der Waals surface area contributed by atoms with Crippen LogP contribution in [0.4, 0.5) is 10.5 Å². The number of nitrogens with one attached hydrogen (secondary N) is 1. The van der Waals surface area contributed by atoms with Crippen molar-refractivity contribution < 1.29 is 28.7 Å². The average molecular weight is 397 g/mol. The molecule has 1 heterocycles. The van der Waals surface area contributed by atoms with Crippen molar-refractivity contribution in [2.75, 3.05) is 25.7 Å². The Kier molecular flexibility index (Phi) is 5.77. The number of anilines is 1. The van der Waals surface area contributed by atoms with Crippen LogP contribution in [0.25, 0.3) is 0 Å². The lowest BCUT2D eigenvalue weighted by Gasteiger charge is -2.15. The first-order chi connectivity index (χ1) is 13.9. The molecule has 9 nitrogen and oxygen atoms in total. The van der Waals surface area contributed by atoms with Gasteiger partial charge in [-0.3, -0.25) is 14.4 Å². The van der Waals surface area contributed by atoms with E-state index in [1.54, 1.807) is 43.5 Å². The first-order valence-corrected chi connectivity index (χ1v) is 8.68. The molecule has 2 aromatic carbocycles. The number of nitrogens with zero attached hydrogens (tertiary/aromatic N) is 2. The Morgan fingerprint density at radius 2 is 1.41 bits per heavy atom. The predicted octanol–water partition coefficient (Wildman–Crippen LogP) is 1.32. The molecule has 29 heavy (non-hydrogen) atoms. The van der Waals surface area contributed by atoms with E-state index in [-0.39, 0.29) is 12.2 Å². The molecule has 1 aliphatic heterocycles. The van der Waals surface area contributed by atoms with E-state index in [1.807, 2.05) is 0 Å². The lowest BCUT2D eigenvalue weighted by Crippen LogP contribution is -2.41. The molecular weight excluding hydrogens is 378 g/mol. The van der Waals surface area contributed by atoms with Gasteiger partial charge in [0.15, 0.2) is 0 Å². The van der Waals surface area contributed by atoms with Gasteiger partial charge >= 0.3 is 17.8 Å². The van der Waals surface area contributed by atoms with Gasteiger partial charge in [-0.25, -0.2) is 14.6 Å². The zero-order chi connectivity index (χ0) is 21.0. The van der Waals surface area contributed by atoms with E-state index in [0.717, 1.165) is 10.5 Å². The van der Waals surface area contributed by atoms with Crippen LogP contribution in [0, 0.1) is 0 Å². The number of benzene rings is 2. The maximum Gasteiger partial charge on any atom is 0.339 e. The van der Waals surface area contributed by atoms with Crippen molar-refractivity contribution in [2.24, 2.45) is 0 Å². The third-order valence-electron chi connectivity index (χ3n) is 4.33. The first kappa shape index (κ1) is 19.9. The summed E-state index contributed by atoms with van der Waals surface area (Å²) >= 11 is 0. The van der Waals surface area contributed by atoms with Crippen LogP contribution < -0.4 is 19.7 Å². The van der Waals surface area contributed by atoms with Gasteiger partial charge in [-0.1, -0.05) is 12.1 Å². The molecule has 1 N–H and O–H groups in total. The molecule has 0 saturated carbocycles. The van der Waals surface area contributed by atoms with E-state index in [2.05, 4.69) is 5.32 Å². The number of hydrogen-bond acceptors (Lipinski definition) is 6. The first-order valence-electron chi connectivity index (χ1n) is 8.68. The minimum Gasteiger partial charge on any atom is -0.497 e. The van der Waals surface area contributed by atoms with Crippen molar-refractivity contribution in [1.82, 2.24) is 10.2 Å². The van der Waals surface area contributed by atoms with E-state index in [0.29, 0.717) is 16.4 Å². The highest BCUT2D eigenvalue weighted by Gasteiger charge is 2.46. The molecule has 3 rings (SSSR count). The number of urea groups is 1. The minimum atomic E-state index is -1.05. The van der Waals surface area contributed by atoms with Gasteiger partial charge in [0.05, 0.1) is 19.9 Å². The predicted molar refractivity (Wildman–Crippen MR) is 102 cm³/mol. The van der Waals surface area contributed by atoms with Crippen LogP contribution in [-0.2, 0) is 20.9 Å². The van der Waals surface area contributed by atoms with Crippen molar-refractivity contribution in [3.05, 3.63) is 54.1 Å². The highest BCUT2D eigenvalue weighted by atomic mass is 16.5. The Morgan fingerprint density at radius 3 is 1.97 bits per heavy atom. The zero-order valence-electron chi connectivity index (χ0n) is 15.9. The van der Waals surface area contributed by atoms with Crippen molar-refractivity contribution in [1.29, 1.82) is 0 Å². The van der Waals surface area contributed by atoms with Gasteiger partial charge in [0, 0.05) is 6.54 Å². The normalized spacial score (nSPS) is 13.7. The second-order valence-corrected chi connectivity index (χ2v) is 6.14. The fraction of sp³-hybridized carbons (Fsp3) is 0.200. The largest absolute Gasteiger partial charge is 0.497 e. The van der Waals surface area contributed by atoms with Crippen LogP contribution in [-0.4, -0.2) is 49.4 Å². The van der Waals surface area contributed by atoms with E-state index in [1.165, 1.54) is 19.2 Å². The molecular formula is C20H19N3O6. The van der Waals surface area contributed by atoms with Crippen LogP contribution in [0.15, 0.2) is 48.5 Å². The summed E-state index contributed by atoms with van der Waals surface area (Å²) in [6.07, 6.45) is 0. The van der Waals surface area contributed by atoms with Crippen LogP contribution in [0.3, 0.4) is 0 Å². The molecule has 0 spiro atoms. The van der Waals surface area contributed by atoms with Crippen LogP contribution in [0.5, 0.6) is 11.5 Å². The maximum absolute atomic E-state index is 12.5. The Hall–Kier alpha value is -3.88. The van der Waals surface area contributed by atoms with Gasteiger partial charge in [-0.2, -0.15) is 0 Å². The quantitative estimate of drug-likeness (QED) is 0.558. The summed E-state index contributed by atoms with van der Waals surface area (Å²) in [5, 5.41) is 2.62. The second kappa shape index (κ2) is 8.42. The molecule has 0 aromatic heterocycles. The van der Waals surface area contributed by atoms with E-state index in [4.69, 9.17) is 9.47 Å². The van der Waals surface area contributed by atoms with Crippen LogP contribution >= 0.6 is 0 Å². The fourth-order valence-corrected chi connectivity index (χ4v) is 2.75. The molecule has 1 aliphatic rings. The van der Waals surface area contributed by atoms with E-state index < -0.39 is 30.3 Å². The smallest absolute Gasteiger partial charge is 0.339 e. The zero-order valence-corrected chi connectivity index (χ0v) is 15.9. The minimum absolute atomic E-state index is 0.204. The van der Waals surface area contributed by atoms with Gasteiger partial charge < -0.3 is 14.8 Å². The maximum atomic E-state index is 12.5. The van der Waals surface area contributed by atoms with E-state index >= 15 is 0 Å². The molecule has 1 saturated heterocycles. The summed E-state index contributed by atoms with van der Waals surface area (Å²) in [6, 6.07) is 12.3. The number of carbonyl (C=O) groups excluding carboxylic acids is 4. The summed E-state index contributed by atoms with van der Waals surface area (Å²) < 4.78 is 10.1. The third-order valence-corrected chi connectivity index (χ3v) is 4.33. The Morgan fingerprint density at radius 1 is 0.862 bits per heavy atom. The number of methoxy groups -OCH3 is 2. The monoisotopic (exact) mass is 397 g/mol. The Bertz CT molecular complexity index is 940. The molecule has 0 unspecified atom stereocenters. The molecule has 0 radical (unpaired) electrons. The number of carbonyl (C=O) groups is 4. The lowest BCUT2D eigenvalue weighted by atomic mass is 10.2. The number of amides is 5. The molecule has 2 aromatic rings. The van der Waals surface area contributed by atoms with Crippen molar-refractivity contribution in [3.63, 3.8) is 0 Å². The Labute approximate surface area is 166 Å². The van der Waals surface area contributed by atoms with Gasteiger partial charge in [-0.05, 0) is 42.0 Å². The van der Waals surface area contributed by atoms with E-state index in [9.17, 15) is 19.2 Å². The number of imide groups is 2. The highest BCUT2D eigenvalue weighted by molar-refractivity contribution is 6.53. The summed E-state index contributed by atoms with van der Waals surface area (Å²) in [7, 11) is 3.04. The molecule has 0 bridgehead atoms. The standard InChI is InChI=1S/C20H19N3O6/c1-28-15-7-3-13(4-8-15)11-21-17(24)12-22-18(25)19(26)23(20(22)27)14-5-9-16(29-2)10-6-14/h3-10H,11-12H2,1-2H3,(H,21,24). The lowest BCUT2D eigenvalue weighted by molar-refractivity contribution is -0.140. The van der Waals surface area contributed by atoms with Crippen LogP contribution in [0.1, 0.15) is 5.56 Å². The van der Waals surface area contributed by atoms with Crippen molar-refractivity contribution in [3.8, 4) is 11.5 Å². The molecule has 0 aliphatic carbocycles. The van der Waals surface area contributed by atoms with Gasteiger partial charge in [0.1, 0.15) is 18.0 Å². The molecule has 0 atom stereocenters. The molecule has 1 fully saturated rings. The van der Waals surface area contributed by atoms with Crippen molar-refractivity contribution >= 4 is 29.4 Å². The second-order valence-electron chi connectivity index (χ2n) is 6.14. The van der Waals surface area contributed by atoms with Gasteiger partial charge in [-0.15, -0.1) is 0 Å². The SMILES string of the molecule is COc1ccc(CNC(=O)CN2C(=O)C(=O)N(c3ccc(OC)cc3)C2=O)cc1. The number of rotatable bonds is 7. The van der Waals surface area contributed by atoms with Gasteiger partial charge in [0.25, 0.3) is 0 Å².